The summed E-state index contributed by atoms with van der Waals surface area (Å²) >= 11 is 6.45. The fourth-order valence-electron chi connectivity index (χ4n) is 4.05. The number of sulfonamides is 1. The molecule has 3 aromatic carbocycles. The number of aryl methyl sites for hydroxylation is 1. The van der Waals surface area contributed by atoms with Gasteiger partial charge in [-0.3, -0.25) is 13.9 Å². The van der Waals surface area contributed by atoms with Crippen molar-refractivity contribution in [1.82, 2.24) is 10.2 Å². The molecule has 0 aliphatic heterocycles. The summed E-state index contributed by atoms with van der Waals surface area (Å²) in [7, 11) is -3.80. The molecule has 0 bridgehead atoms. The molecular formula is C29H34ClN3O4S. The summed E-state index contributed by atoms with van der Waals surface area (Å²) in [5.74, 6) is -0.819. The van der Waals surface area contributed by atoms with Gasteiger partial charge in [0.2, 0.25) is 21.8 Å². The van der Waals surface area contributed by atoms with Crippen LogP contribution in [-0.4, -0.2) is 50.5 Å². The Kier molecular flexibility index (Phi) is 10.3. The largest absolute Gasteiger partial charge is 0.354 e. The van der Waals surface area contributed by atoms with Crippen LogP contribution in [0.3, 0.4) is 0 Å². The molecule has 0 aliphatic carbocycles. The van der Waals surface area contributed by atoms with E-state index in [1.54, 1.807) is 42.5 Å². The van der Waals surface area contributed by atoms with Crippen LogP contribution in [0.2, 0.25) is 5.02 Å². The van der Waals surface area contributed by atoms with Crippen LogP contribution >= 0.6 is 11.6 Å². The van der Waals surface area contributed by atoms with Gasteiger partial charge in [0, 0.05) is 24.5 Å². The molecule has 0 heterocycles. The highest BCUT2D eigenvalue weighted by atomic mass is 35.5. The van der Waals surface area contributed by atoms with Gasteiger partial charge in [-0.2, -0.15) is 0 Å². The van der Waals surface area contributed by atoms with Gasteiger partial charge in [-0.1, -0.05) is 84.8 Å². The Hall–Kier alpha value is -3.36. The van der Waals surface area contributed by atoms with Gasteiger partial charge in [0.05, 0.1) is 11.9 Å². The fourth-order valence-corrected chi connectivity index (χ4v) is 5.10. The molecule has 0 radical (unpaired) electrons. The number of rotatable bonds is 12. The number of halogens is 1. The van der Waals surface area contributed by atoms with Crippen LogP contribution < -0.4 is 9.62 Å². The van der Waals surface area contributed by atoms with Crippen molar-refractivity contribution in [2.24, 2.45) is 0 Å². The molecule has 38 heavy (non-hydrogen) atoms. The predicted molar refractivity (Wildman–Crippen MR) is 153 cm³/mol. The molecular weight excluding hydrogens is 522 g/mol. The van der Waals surface area contributed by atoms with E-state index in [2.05, 4.69) is 5.32 Å². The minimum Gasteiger partial charge on any atom is -0.354 e. The van der Waals surface area contributed by atoms with Crippen LogP contribution in [0, 0.1) is 6.92 Å². The zero-order valence-corrected chi connectivity index (χ0v) is 23.5. The monoisotopic (exact) mass is 555 g/mol. The molecule has 3 aromatic rings. The van der Waals surface area contributed by atoms with Crippen molar-refractivity contribution in [2.75, 3.05) is 23.7 Å². The second-order valence-electron chi connectivity index (χ2n) is 9.21. The number of nitrogens with zero attached hydrogens (tertiary/aromatic N) is 2. The standard InChI is InChI=1S/C29H34ClN3O4S/c1-4-18-31-29(35)27(19-23-10-6-5-7-11-23)32(20-24-12-8-9-13-26(24)30)28(34)21-33(38(3,36)37)25-16-14-22(2)15-17-25/h5-17,27H,4,18-21H2,1-3H3,(H,31,35)/t27-/m0/s1. The number of anilines is 1. The van der Waals surface area contributed by atoms with E-state index in [9.17, 15) is 18.0 Å². The third-order valence-electron chi connectivity index (χ3n) is 6.12. The third kappa shape index (κ3) is 8.07. The molecule has 0 unspecified atom stereocenters. The lowest BCUT2D eigenvalue weighted by atomic mass is 10.0. The van der Waals surface area contributed by atoms with E-state index in [-0.39, 0.29) is 18.9 Å². The van der Waals surface area contributed by atoms with Crippen LogP contribution in [0.15, 0.2) is 78.9 Å². The van der Waals surface area contributed by atoms with E-state index < -0.39 is 28.5 Å². The Morgan fingerprint density at radius 1 is 0.947 bits per heavy atom. The van der Waals surface area contributed by atoms with Gasteiger partial charge < -0.3 is 10.2 Å². The molecule has 3 rings (SSSR count). The number of carbonyl (C=O) groups is 2. The van der Waals surface area contributed by atoms with Gasteiger partial charge in [-0.15, -0.1) is 0 Å². The average molecular weight is 556 g/mol. The molecule has 2 amide bonds. The molecule has 1 N–H and O–H groups in total. The molecule has 0 saturated carbocycles. The topological polar surface area (TPSA) is 86.8 Å². The minimum absolute atomic E-state index is 0.0427. The van der Waals surface area contributed by atoms with Crippen LogP contribution in [0.25, 0.3) is 0 Å². The Labute approximate surface area is 230 Å². The van der Waals surface area contributed by atoms with Gasteiger partial charge in [-0.05, 0) is 42.7 Å². The average Bonchev–Trinajstić information content (AvgIpc) is 2.89. The maximum absolute atomic E-state index is 14.0. The van der Waals surface area contributed by atoms with Crippen molar-refractivity contribution in [3.63, 3.8) is 0 Å². The van der Waals surface area contributed by atoms with Crippen molar-refractivity contribution < 1.29 is 18.0 Å². The Morgan fingerprint density at radius 3 is 2.18 bits per heavy atom. The van der Waals surface area contributed by atoms with E-state index in [0.29, 0.717) is 22.8 Å². The maximum Gasteiger partial charge on any atom is 0.244 e. The second-order valence-corrected chi connectivity index (χ2v) is 11.5. The predicted octanol–water partition coefficient (Wildman–Crippen LogP) is 4.58. The zero-order chi connectivity index (χ0) is 27.7. The van der Waals surface area contributed by atoms with Crippen LogP contribution in [-0.2, 0) is 32.6 Å². The van der Waals surface area contributed by atoms with Gasteiger partial charge in [-0.25, -0.2) is 8.42 Å². The second kappa shape index (κ2) is 13.4. The van der Waals surface area contributed by atoms with E-state index in [0.717, 1.165) is 28.1 Å². The van der Waals surface area contributed by atoms with Crippen molar-refractivity contribution in [3.8, 4) is 0 Å². The number of amides is 2. The summed E-state index contributed by atoms with van der Waals surface area (Å²) in [6, 6.07) is 22.6. The highest BCUT2D eigenvalue weighted by Gasteiger charge is 2.33. The number of carbonyl (C=O) groups excluding carboxylic acids is 2. The summed E-state index contributed by atoms with van der Waals surface area (Å²) in [4.78, 5) is 28.8. The lowest BCUT2D eigenvalue weighted by molar-refractivity contribution is -0.140. The first-order chi connectivity index (χ1) is 18.1. The molecule has 7 nitrogen and oxygen atoms in total. The van der Waals surface area contributed by atoms with E-state index in [4.69, 9.17) is 11.6 Å². The van der Waals surface area contributed by atoms with Gasteiger partial charge >= 0.3 is 0 Å². The van der Waals surface area contributed by atoms with Gasteiger partial charge in [0.15, 0.2) is 0 Å². The number of benzene rings is 3. The van der Waals surface area contributed by atoms with Crippen molar-refractivity contribution >= 4 is 39.1 Å². The van der Waals surface area contributed by atoms with Crippen molar-refractivity contribution in [1.29, 1.82) is 0 Å². The highest BCUT2D eigenvalue weighted by Crippen LogP contribution is 2.23. The van der Waals surface area contributed by atoms with Crippen molar-refractivity contribution in [3.05, 3.63) is 101 Å². The summed E-state index contributed by atoms with van der Waals surface area (Å²) in [5, 5.41) is 3.37. The van der Waals surface area contributed by atoms with Crippen molar-refractivity contribution in [2.45, 2.75) is 39.3 Å². The highest BCUT2D eigenvalue weighted by molar-refractivity contribution is 7.92. The van der Waals surface area contributed by atoms with Gasteiger partial charge in [0.1, 0.15) is 12.6 Å². The maximum atomic E-state index is 14.0. The smallest absolute Gasteiger partial charge is 0.244 e. The quantitative estimate of drug-likeness (QED) is 0.354. The molecule has 0 fully saturated rings. The number of hydrogen-bond donors (Lipinski definition) is 1. The van der Waals surface area contributed by atoms with Crippen LogP contribution in [0.1, 0.15) is 30.0 Å². The van der Waals surface area contributed by atoms with E-state index in [1.807, 2.05) is 50.2 Å². The van der Waals surface area contributed by atoms with Crippen LogP contribution in [0.5, 0.6) is 0 Å². The lowest BCUT2D eigenvalue weighted by Crippen LogP contribution is -2.53. The van der Waals surface area contributed by atoms with E-state index >= 15 is 0 Å². The zero-order valence-electron chi connectivity index (χ0n) is 21.9. The molecule has 0 spiro atoms. The molecule has 0 saturated heterocycles. The first-order valence-corrected chi connectivity index (χ1v) is 14.7. The normalized spacial score (nSPS) is 12.0. The van der Waals surface area contributed by atoms with E-state index in [1.165, 1.54) is 4.90 Å². The third-order valence-corrected chi connectivity index (χ3v) is 7.63. The number of hydrogen-bond acceptors (Lipinski definition) is 4. The summed E-state index contributed by atoms with van der Waals surface area (Å²) in [6.45, 7) is 3.88. The fraction of sp³-hybridized carbons (Fsp3) is 0.310. The lowest BCUT2D eigenvalue weighted by Gasteiger charge is -2.33. The first kappa shape index (κ1) is 29.2. The molecule has 202 valence electrons. The summed E-state index contributed by atoms with van der Waals surface area (Å²) in [5.41, 5.74) is 2.87. The molecule has 0 aromatic heterocycles. The first-order valence-electron chi connectivity index (χ1n) is 12.5. The minimum atomic E-state index is -3.80. The molecule has 9 heteroatoms. The van der Waals surface area contributed by atoms with Gasteiger partial charge in [0.25, 0.3) is 0 Å². The Morgan fingerprint density at radius 2 is 1.58 bits per heavy atom. The molecule has 0 aliphatic rings. The number of nitrogens with one attached hydrogen (secondary N) is 1. The summed E-state index contributed by atoms with van der Waals surface area (Å²) < 4.78 is 26.6. The van der Waals surface area contributed by atoms with Crippen LogP contribution in [0.4, 0.5) is 5.69 Å². The summed E-state index contributed by atoms with van der Waals surface area (Å²) in [6.07, 6.45) is 2.06. The Balaban J connectivity index is 2.04. The Bertz CT molecular complexity index is 1330. The molecule has 1 atom stereocenters. The SMILES string of the molecule is CCCNC(=O)[C@H](Cc1ccccc1)N(Cc1ccccc1Cl)C(=O)CN(c1ccc(C)cc1)S(C)(=O)=O.